The van der Waals surface area contributed by atoms with Crippen molar-refractivity contribution in [3.05, 3.63) is 66.7 Å². The van der Waals surface area contributed by atoms with Gasteiger partial charge in [0.1, 0.15) is 18.4 Å². The molecule has 1 aromatic heterocycles. The third-order valence-corrected chi connectivity index (χ3v) is 2.95. The second-order valence-electron chi connectivity index (χ2n) is 4.42. The zero-order valence-electron chi connectivity index (χ0n) is 11.0. The molecule has 0 saturated heterocycles. The number of hydrogen-bond acceptors (Lipinski definition) is 4. The van der Waals surface area contributed by atoms with Crippen LogP contribution in [0.5, 0.6) is 5.75 Å². The molecule has 0 radical (unpaired) electrons. The first kappa shape index (κ1) is 12.9. The van der Waals surface area contributed by atoms with Crippen LogP contribution < -0.4 is 5.32 Å². The summed E-state index contributed by atoms with van der Waals surface area (Å²) in [7, 11) is 0. The number of hydrogen-bond donors (Lipinski definition) is 2. The largest absolute Gasteiger partial charge is 0.508 e. The van der Waals surface area contributed by atoms with E-state index in [1.54, 1.807) is 59.7 Å². The van der Waals surface area contributed by atoms with E-state index in [0.717, 1.165) is 5.69 Å². The van der Waals surface area contributed by atoms with Gasteiger partial charge in [0.2, 0.25) is 0 Å². The predicted octanol–water partition coefficient (Wildman–Crippen LogP) is 2.23. The highest BCUT2D eigenvalue weighted by atomic mass is 16.3. The van der Waals surface area contributed by atoms with Gasteiger partial charge in [-0.25, -0.2) is 0 Å². The average Bonchev–Trinajstić information content (AvgIpc) is 3.01. The molecule has 0 atom stereocenters. The Balaban J connectivity index is 1.76. The van der Waals surface area contributed by atoms with E-state index < -0.39 is 0 Å². The van der Waals surface area contributed by atoms with Crippen LogP contribution >= 0.6 is 0 Å². The average molecular weight is 280 g/mol. The Hall–Kier alpha value is -3.15. The van der Waals surface area contributed by atoms with E-state index in [9.17, 15) is 9.90 Å². The minimum atomic E-state index is -0.240. The number of nitrogens with one attached hydrogen (secondary N) is 1. The highest BCUT2D eigenvalue weighted by molar-refractivity contribution is 6.04. The van der Waals surface area contributed by atoms with Crippen molar-refractivity contribution in [3.63, 3.8) is 0 Å². The highest BCUT2D eigenvalue weighted by Gasteiger charge is 2.06. The zero-order chi connectivity index (χ0) is 14.7. The molecule has 2 aromatic carbocycles. The summed E-state index contributed by atoms with van der Waals surface area (Å²) >= 11 is 0. The van der Waals surface area contributed by atoms with Crippen LogP contribution in [0.15, 0.2) is 61.2 Å². The van der Waals surface area contributed by atoms with Crippen molar-refractivity contribution in [2.75, 3.05) is 5.32 Å². The van der Waals surface area contributed by atoms with E-state index in [1.165, 1.54) is 6.07 Å². The summed E-state index contributed by atoms with van der Waals surface area (Å²) in [4.78, 5) is 12.1. The smallest absolute Gasteiger partial charge is 0.255 e. The zero-order valence-corrected chi connectivity index (χ0v) is 11.0. The van der Waals surface area contributed by atoms with E-state index in [2.05, 4.69) is 15.5 Å². The Morgan fingerprint density at radius 1 is 1.05 bits per heavy atom. The molecule has 0 saturated carbocycles. The molecular formula is C15H12N4O2. The molecule has 0 bridgehead atoms. The number of anilines is 1. The Labute approximate surface area is 120 Å². The number of phenolic OH excluding ortho intramolecular Hbond substituents is 1. The van der Waals surface area contributed by atoms with Crippen LogP contribution in [0.4, 0.5) is 5.69 Å². The van der Waals surface area contributed by atoms with Crippen LogP contribution in [0.3, 0.4) is 0 Å². The first-order chi connectivity index (χ1) is 10.2. The second kappa shape index (κ2) is 5.46. The number of carbonyl (C=O) groups excluding carboxylic acids is 1. The Bertz CT molecular complexity index is 752. The summed E-state index contributed by atoms with van der Waals surface area (Å²) in [6.45, 7) is 0. The van der Waals surface area contributed by atoms with Gasteiger partial charge in [0, 0.05) is 23.0 Å². The third kappa shape index (κ3) is 2.89. The van der Waals surface area contributed by atoms with Gasteiger partial charge in [0.25, 0.3) is 5.91 Å². The lowest BCUT2D eigenvalue weighted by molar-refractivity contribution is 0.102. The SMILES string of the molecule is O=C(Nc1cccc(O)c1)c1ccc(-n2cnnc2)cc1. The fraction of sp³-hybridized carbons (Fsp3) is 0. The Morgan fingerprint density at radius 3 is 2.43 bits per heavy atom. The summed E-state index contributed by atoms with van der Waals surface area (Å²) in [6.07, 6.45) is 3.17. The van der Waals surface area contributed by atoms with Crippen molar-refractivity contribution in [1.82, 2.24) is 14.8 Å². The summed E-state index contributed by atoms with van der Waals surface area (Å²) in [5.41, 5.74) is 1.94. The van der Waals surface area contributed by atoms with Crippen LogP contribution in [0.25, 0.3) is 5.69 Å². The van der Waals surface area contributed by atoms with E-state index >= 15 is 0 Å². The van der Waals surface area contributed by atoms with Crippen LogP contribution in [-0.4, -0.2) is 25.8 Å². The normalized spacial score (nSPS) is 10.3. The first-order valence-electron chi connectivity index (χ1n) is 6.28. The molecule has 2 N–H and O–H groups in total. The van der Waals surface area contributed by atoms with Crippen molar-refractivity contribution in [2.24, 2.45) is 0 Å². The number of nitrogens with zero attached hydrogens (tertiary/aromatic N) is 3. The van der Waals surface area contributed by atoms with Gasteiger partial charge in [-0.2, -0.15) is 0 Å². The van der Waals surface area contributed by atoms with Gasteiger partial charge < -0.3 is 10.4 Å². The molecule has 0 spiro atoms. The third-order valence-electron chi connectivity index (χ3n) is 2.95. The standard InChI is InChI=1S/C15H12N4O2/c20-14-3-1-2-12(8-14)18-15(21)11-4-6-13(7-5-11)19-9-16-17-10-19/h1-10,20H,(H,18,21). The number of phenols is 1. The molecule has 6 nitrogen and oxygen atoms in total. The van der Waals surface area contributed by atoms with Crippen LogP contribution in [0.1, 0.15) is 10.4 Å². The maximum absolute atomic E-state index is 12.1. The number of benzene rings is 2. The number of rotatable bonds is 3. The van der Waals surface area contributed by atoms with Gasteiger partial charge in [0.15, 0.2) is 0 Å². The molecule has 0 aliphatic heterocycles. The molecule has 21 heavy (non-hydrogen) atoms. The van der Waals surface area contributed by atoms with Crippen molar-refractivity contribution in [3.8, 4) is 11.4 Å². The summed E-state index contributed by atoms with van der Waals surface area (Å²) in [5, 5.41) is 19.6. The first-order valence-corrected chi connectivity index (χ1v) is 6.28. The van der Waals surface area contributed by atoms with E-state index in [0.29, 0.717) is 11.3 Å². The fourth-order valence-electron chi connectivity index (χ4n) is 1.91. The highest BCUT2D eigenvalue weighted by Crippen LogP contribution is 2.17. The van der Waals surface area contributed by atoms with Crippen molar-refractivity contribution >= 4 is 11.6 Å². The topological polar surface area (TPSA) is 80.0 Å². The molecule has 0 fully saturated rings. The lowest BCUT2D eigenvalue weighted by Gasteiger charge is -2.06. The van der Waals surface area contributed by atoms with Gasteiger partial charge in [0.05, 0.1) is 0 Å². The van der Waals surface area contributed by atoms with Crippen molar-refractivity contribution in [2.45, 2.75) is 0 Å². The molecule has 6 heteroatoms. The quantitative estimate of drug-likeness (QED) is 0.771. The van der Waals surface area contributed by atoms with Gasteiger partial charge in [-0.1, -0.05) is 6.07 Å². The monoisotopic (exact) mass is 280 g/mol. The van der Waals surface area contributed by atoms with Gasteiger partial charge in [-0.05, 0) is 36.4 Å². The molecule has 0 aliphatic rings. The van der Waals surface area contributed by atoms with Gasteiger partial charge >= 0.3 is 0 Å². The second-order valence-corrected chi connectivity index (χ2v) is 4.42. The summed E-state index contributed by atoms with van der Waals surface area (Å²) in [6, 6.07) is 13.5. The minimum absolute atomic E-state index is 0.107. The fourth-order valence-corrected chi connectivity index (χ4v) is 1.91. The van der Waals surface area contributed by atoms with E-state index in [4.69, 9.17) is 0 Å². The number of aromatic hydroxyl groups is 1. The van der Waals surface area contributed by atoms with E-state index in [-0.39, 0.29) is 11.7 Å². The lowest BCUT2D eigenvalue weighted by atomic mass is 10.2. The van der Waals surface area contributed by atoms with Crippen molar-refractivity contribution in [1.29, 1.82) is 0 Å². The Kier molecular flexibility index (Phi) is 3.34. The van der Waals surface area contributed by atoms with Crippen LogP contribution in [0, 0.1) is 0 Å². The molecule has 104 valence electrons. The molecule has 0 aliphatic carbocycles. The molecule has 0 unspecified atom stereocenters. The molecule has 1 amide bonds. The Morgan fingerprint density at radius 2 is 1.76 bits per heavy atom. The summed E-state index contributed by atoms with van der Waals surface area (Å²) < 4.78 is 1.75. The number of carbonyl (C=O) groups is 1. The number of amides is 1. The maximum atomic E-state index is 12.1. The molecule has 3 rings (SSSR count). The predicted molar refractivity (Wildman–Crippen MR) is 77.4 cm³/mol. The summed E-state index contributed by atoms with van der Waals surface area (Å²) in [5.74, 6) is -0.133. The minimum Gasteiger partial charge on any atom is -0.508 e. The number of aromatic nitrogens is 3. The molecule has 3 aromatic rings. The van der Waals surface area contributed by atoms with Crippen LogP contribution in [-0.2, 0) is 0 Å². The maximum Gasteiger partial charge on any atom is 0.255 e. The van der Waals surface area contributed by atoms with Gasteiger partial charge in [-0.15, -0.1) is 10.2 Å². The molecular weight excluding hydrogens is 268 g/mol. The van der Waals surface area contributed by atoms with Crippen LogP contribution in [0.2, 0.25) is 0 Å². The van der Waals surface area contributed by atoms with Gasteiger partial charge in [-0.3, -0.25) is 9.36 Å². The lowest BCUT2D eigenvalue weighted by Crippen LogP contribution is -2.11. The van der Waals surface area contributed by atoms with Crippen molar-refractivity contribution < 1.29 is 9.90 Å². The molecule has 1 heterocycles. The van der Waals surface area contributed by atoms with E-state index in [1.807, 2.05) is 0 Å².